The van der Waals surface area contributed by atoms with Crippen molar-refractivity contribution in [2.75, 3.05) is 29.9 Å². The maximum atomic E-state index is 12.7. The normalized spacial score (nSPS) is 13.9. The fourth-order valence-electron chi connectivity index (χ4n) is 3.47. The standard InChI is InChI=1S/C21H26N2O4S/c1-15-6-7-16(2)18(11-15)14-28(25,26)22-19-9-8-17-5-4-10-23(20(17)12-19)21(24)13-27-3/h6-9,11-12,22H,4-5,10,13-14H2,1-3H3. The number of hydrogen-bond donors (Lipinski definition) is 1. The number of aryl methyl sites for hydroxylation is 3. The van der Waals surface area contributed by atoms with Crippen LogP contribution in [0.25, 0.3) is 0 Å². The summed E-state index contributed by atoms with van der Waals surface area (Å²) in [6.07, 6.45) is 1.74. The van der Waals surface area contributed by atoms with Crippen molar-refractivity contribution in [1.29, 1.82) is 0 Å². The minimum atomic E-state index is -3.58. The second-order valence-corrected chi connectivity index (χ2v) is 8.94. The van der Waals surface area contributed by atoms with Crippen LogP contribution < -0.4 is 9.62 Å². The van der Waals surface area contributed by atoms with E-state index in [0.717, 1.165) is 40.8 Å². The zero-order chi connectivity index (χ0) is 20.3. The molecule has 1 N–H and O–H groups in total. The molecule has 7 heteroatoms. The van der Waals surface area contributed by atoms with E-state index in [9.17, 15) is 13.2 Å². The highest BCUT2D eigenvalue weighted by Crippen LogP contribution is 2.31. The van der Waals surface area contributed by atoms with Crippen molar-refractivity contribution in [3.05, 3.63) is 58.7 Å². The third kappa shape index (κ3) is 4.72. The van der Waals surface area contributed by atoms with Crippen LogP contribution >= 0.6 is 0 Å². The van der Waals surface area contributed by atoms with Crippen LogP contribution in [0.15, 0.2) is 36.4 Å². The largest absolute Gasteiger partial charge is 0.375 e. The molecule has 1 aliphatic heterocycles. The highest BCUT2D eigenvalue weighted by Gasteiger charge is 2.23. The number of methoxy groups -OCH3 is 1. The summed E-state index contributed by atoms with van der Waals surface area (Å²) < 4.78 is 33.0. The van der Waals surface area contributed by atoms with E-state index in [-0.39, 0.29) is 18.3 Å². The Balaban J connectivity index is 1.83. The van der Waals surface area contributed by atoms with Crippen molar-refractivity contribution in [3.8, 4) is 0 Å². The Labute approximate surface area is 166 Å². The molecule has 1 heterocycles. The molecule has 0 saturated heterocycles. The van der Waals surface area contributed by atoms with Gasteiger partial charge >= 0.3 is 0 Å². The number of amides is 1. The van der Waals surface area contributed by atoms with Gasteiger partial charge in [0.05, 0.1) is 11.4 Å². The average Bonchev–Trinajstić information content (AvgIpc) is 2.63. The number of anilines is 2. The van der Waals surface area contributed by atoms with Gasteiger partial charge in [0.1, 0.15) is 6.61 Å². The van der Waals surface area contributed by atoms with Crippen molar-refractivity contribution in [2.24, 2.45) is 0 Å². The number of sulfonamides is 1. The first-order valence-electron chi connectivity index (χ1n) is 9.28. The van der Waals surface area contributed by atoms with Crippen molar-refractivity contribution >= 4 is 27.3 Å². The zero-order valence-corrected chi connectivity index (χ0v) is 17.3. The number of rotatable bonds is 6. The molecule has 0 aromatic heterocycles. The van der Waals surface area contributed by atoms with E-state index in [1.807, 2.05) is 38.1 Å². The molecule has 0 saturated carbocycles. The molecule has 3 rings (SSSR count). The van der Waals surface area contributed by atoms with Crippen molar-refractivity contribution in [3.63, 3.8) is 0 Å². The lowest BCUT2D eigenvalue weighted by molar-refractivity contribution is -0.122. The van der Waals surface area contributed by atoms with Crippen LogP contribution in [-0.2, 0) is 31.7 Å². The number of nitrogens with one attached hydrogen (secondary N) is 1. The number of carbonyl (C=O) groups is 1. The highest BCUT2D eigenvalue weighted by atomic mass is 32.2. The summed E-state index contributed by atoms with van der Waals surface area (Å²) in [5, 5.41) is 0. The van der Waals surface area contributed by atoms with Crippen molar-refractivity contribution < 1.29 is 17.9 Å². The molecular weight excluding hydrogens is 376 g/mol. The van der Waals surface area contributed by atoms with Crippen LogP contribution in [0.1, 0.15) is 28.7 Å². The molecule has 1 aliphatic rings. The van der Waals surface area contributed by atoms with E-state index in [2.05, 4.69) is 4.72 Å². The van der Waals surface area contributed by atoms with E-state index < -0.39 is 10.0 Å². The summed E-state index contributed by atoms with van der Waals surface area (Å²) >= 11 is 0. The summed E-state index contributed by atoms with van der Waals surface area (Å²) in [4.78, 5) is 14.0. The second-order valence-electron chi connectivity index (χ2n) is 7.22. The molecule has 1 amide bonds. The Morgan fingerprint density at radius 3 is 2.71 bits per heavy atom. The van der Waals surface area contributed by atoms with Crippen LogP contribution in [0.4, 0.5) is 11.4 Å². The van der Waals surface area contributed by atoms with Crippen LogP contribution in [0, 0.1) is 13.8 Å². The number of hydrogen-bond acceptors (Lipinski definition) is 4. The number of carbonyl (C=O) groups excluding carboxylic acids is 1. The van der Waals surface area contributed by atoms with Gasteiger partial charge in [0, 0.05) is 19.3 Å². The Morgan fingerprint density at radius 1 is 1.18 bits per heavy atom. The average molecular weight is 403 g/mol. The maximum Gasteiger partial charge on any atom is 0.252 e. The van der Waals surface area contributed by atoms with E-state index in [0.29, 0.717) is 12.2 Å². The Bertz CT molecular complexity index is 986. The molecule has 0 atom stereocenters. The Hall–Kier alpha value is -2.38. The first-order valence-corrected chi connectivity index (χ1v) is 10.9. The van der Waals surface area contributed by atoms with Gasteiger partial charge in [-0.25, -0.2) is 8.42 Å². The van der Waals surface area contributed by atoms with Gasteiger partial charge in [-0.3, -0.25) is 9.52 Å². The van der Waals surface area contributed by atoms with Crippen LogP contribution in [0.3, 0.4) is 0 Å². The number of nitrogens with zero attached hydrogens (tertiary/aromatic N) is 1. The van der Waals surface area contributed by atoms with Gasteiger partial charge in [0.2, 0.25) is 10.0 Å². The van der Waals surface area contributed by atoms with Gasteiger partial charge in [0.25, 0.3) is 5.91 Å². The number of ether oxygens (including phenoxy) is 1. The molecule has 0 fully saturated rings. The lowest BCUT2D eigenvalue weighted by Gasteiger charge is -2.30. The van der Waals surface area contributed by atoms with Gasteiger partial charge in [0.15, 0.2) is 0 Å². The monoisotopic (exact) mass is 402 g/mol. The van der Waals surface area contributed by atoms with E-state index in [1.165, 1.54) is 7.11 Å². The summed E-state index contributed by atoms with van der Waals surface area (Å²) in [7, 11) is -2.09. The summed E-state index contributed by atoms with van der Waals surface area (Å²) in [6, 6.07) is 11.2. The summed E-state index contributed by atoms with van der Waals surface area (Å²) in [5.41, 5.74) is 4.99. The maximum absolute atomic E-state index is 12.7. The van der Waals surface area contributed by atoms with E-state index >= 15 is 0 Å². The molecule has 0 spiro atoms. The highest BCUT2D eigenvalue weighted by molar-refractivity contribution is 7.91. The minimum Gasteiger partial charge on any atom is -0.375 e. The molecule has 0 radical (unpaired) electrons. The fourth-order valence-corrected chi connectivity index (χ4v) is 4.75. The predicted molar refractivity (Wildman–Crippen MR) is 111 cm³/mol. The SMILES string of the molecule is COCC(=O)N1CCCc2ccc(NS(=O)(=O)Cc3cc(C)ccc3C)cc21. The van der Waals surface area contributed by atoms with Crippen LogP contribution in [0.2, 0.25) is 0 Å². The van der Waals surface area contributed by atoms with Crippen molar-refractivity contribution in [2.45, 2.75) is 32.4 Å². The quantitative estimate of drug-likeness (QED) is 0.805. The Morgan fingerprint density at radius 2 is 1.96 bits per heavy atom. The zero-order valence-electron chi connectivity index (χ0n) is 16.5. The molecular formula is C21H26N2O4S. The molecule has 0 unspecified atom stereocenters. The van der Waals surface area contributed by atoms with Gasteiger partial charge in [-0.1, -0.05) is 29.8 Å². The van der Waals surface area contributed by atoms with E-state index in [1.54, 1.807) is 17.0 Å². The van der Waals surface area contributed by atoms with Crippen LogP contribution in [0.5, 0.6) is 0 Å². The van der Waals surface area contributed by atoms with Crippen molar-refractivity contribution in [1.82, 2.24) is 0 Å². The lowest BCUT2D eigenvalue weighted by atomic mass is 10.0. The van der Waals surface area contributed by atoms with Gasteiger partial charge in [-0.2, -0.15) is 0 Å². The Kier molecular flexibility index (Phi) is 6.05. The molecule has 28 heavy (non-hydrogen) atoms. The fraction of sp³-hybridized carbons (Fsp3) is 0.381. The van der Waals surface area contributed by atoms with Gasteiger partial charge in [-0.05, 0) is 55.5 Å². The molecule has 2 aromatic carbocycles. The molecule has 2 aromatic rings. The molecule has 6 nitrogen and oxygen atoms in total. The number of fused-ring (bicyclic) bond motifs is 1. The minimum absolute atomic E-state index is 0.00201. The third-order valence-corrected chi connectivity index (χ3v) is 6.13. The first kappa shape index (κ1) is 20.4. The second kappa shape index (κ2) is 8.32. The first-order chi connectivity index (χ1) is 13.3. The third-order valence-electron chi connectivity index (χ3n) is 4.90. The summed E-state index contributed by atoms with van der Waals surface area (Å²) in [5.74, 6) is -0.219. The lowest BCUT2D eigenvalue weighted by Crippen LogP contribution is -2.37. The van der Waals surface area contributed by atoms with Crippen LogP contribution in [-0.4, -0.2) is 34.6 Å². The van der Waals surface area contributed by atoms with Gasteiger partial charge in [-0.15, -0.1) is 0 Å². The topological polar surface area (TPSA) is 75.7 Å². The molecule has 150 valence electrons. The molecule has 0 aliphatic carbocycles. The molecule has 0 bridgehead atoms. The summed E-state index contributed by atoms with van der Waals surface area (Å²) in [6.45, 7) is 4.45. The van der Waals surface area contributed by atoms with E-state index in [4.69, 9.17) is 4.74 Å². The smallest absolute Gasteiger partial charge is 0.252 e. The van der Waals surface area contributed by atoms with Gasteiger partial charge < -0.3 is 9.64 Å². The predicted octanol–water partition coefficient (Wildman–Crippen LogP) is 3.17. The number of benzene rings is 2.